The van der Waals surface area contributed by atoms with Gasteiger partial charge in [0.1, 0.15) is 6.61 Å². The van der Waals surface area contributed by atoms with Gasteiger partial charge in [-0.1, -0.05) is 58.0 Å². The quantitative estimate of drug-likeness (QED) is 0.835. The maximum Gasteiger partial charge on any atom is 0.407 e. The molecule has 3 nitrogen and oxygen atoms in total. The third kappa shape index (κ3) is 9.06. The Labute approximate surface area is 98.8 Å². The van der Waals surface area contributed by atoms with E-state index in [1.54, 1.807) is 0 Å². The lowest BCUT2D eigenvalue weighted by Gasteiger charge is -2.02. The maximum absolute atomic E-state index is 10.7. The Morgan fingerprint density at radius 3 is 2.06 bits per heavy atom. The van der Waals surface area contributed by atoms with Gasteiger partial charge < -0.3 is 10.1 Å². The third-order valence-corrected chi connectivity index (χ3v) is 1.42. The van der Waals surface area contributed by atoms with Crippen LogP contribution in [0.25, 0.3) is 0 Å². The number of benzene rings is 1. The minimum atomic E-state index is -0.404. The molecule has 0 aliphatic rings. The summed E-state index contributed by atoms with van der Waals surface area (Å²) in [6, 6.07) is 9.54. The van der Waals surface area contributed by atoms with E-state index < -0.39 is 6.09 Å². The lowest BCUT2D eigenvalue weighted by Crippen LogP contribution is -2.18. The second kappa shape index (κ2) is 13.5. The van der Waals surface area contributed by atoms with Crippen LogP contribution in [0.2, 0.25) is 0 Å². The van der Waals surface area contributed by atoms with E-state index in [4.69, 9.17) is 4.74 Å². The minimum absolute atomic E-state index is 0.320. The smallest absolute Gasteiger partial charge is 0.407 e. The van der Waals surface area contributed by atoms with Crippen molar-refractivity contribution < 1.29 is 9.53 Å². The fourth-order valence-corrected chi connectivity index (χ4v) is 0.795. The Balaban J connectivity index is 0. The lowest BCUT2D eigenvalue weighted by atomic mass is 10.2. The van der Waals surface area contributed by atoms with Crippen molar-refractivity contribution in [3.05, 3.63) is 35.9 Å². The van der Waals surface area contributed by atoms with Crippen LogP contribution in [0, 0.1) is 0 Å². The third-order valence-electron chi connectivity index (χ3n) is 1.42. The first-order valence-electron chi connectivity index (χ1n) is 5.71. The van der Waals surface area contributed by atoms with Crippen LogP contribution in [0.1, 0.15) is 33.3 Å². The molecule has 1 N–H and O–H groups in total. The van der Waals surface area contributed by atoms with Gasteiger partial charge in [-0.05, 0) is 5.56 Å². The highest BCUT2D eigenvalue weighted by molar-refractivity contribution is 5.66. The summed E-state index contributed by atoms with van der Waals surface area (Å²) in [5.41, 5.74) is 0.987. The van der Waals surface area contributed by atoms with Gasteiger partial charge in [0, 0.05) is 7.05 Å². The zero-order valence-electron chi connectivity index (χ0n) is 10.9. The molecule has 1 aromatic carbocycles. The van der Waals surface area contributed by atoms with E-state index in [0.29, 0.717) is 6.61 Å². The summed E-state index contributed by atoms with van der Waals surface area (Å²) in [4.78, 5) is 10.7. The summed E-state index contributed by atoms with van der Waals surface area (Å²) >= 11 is 0. The van der Waals surface area contributed by atoms with Crippen molar-refractivity contribution in [3.8, 4) is 0 Å². The Hall–Kier alpha value is -1.51. The minimum Gasteiger partial charge on any atom is -0.445 e. The Bertz CT molecular complexity index is 247. The number of hydrogen-bond donors (Lipinski definition) is 1. The van der Waals surface area contributed by atoms with Crippen molar-refractivity contribution in [2.24, 2.45) is 0 Å². The second-order valence-electron chi connectivity index (χ2n) is 2.31. The van der Waals surface area contributed by atoms with Gasteiger partial charge in [-0.3, -0.25) is 0 Å². The summed E-state index contributed by atoms with van der Waals surface area (Å²) in [6.45, 7) is 8.32. The number of carbonyl (C=O) groups is 1. The number of rotatable bonds is 2. The van der Waals surface area contributed by atoms with Gasteiger partial charge in [0.05, 0.1) is 0 Å². The number of amides is 1. The zero-order chi connectivity index (χ0) is 12.8. The first-order chi connectivity index (χ1) is 7.83. The van der Waals surface area contributed by atoms with Crippen molar-refractivity contribution >= 4 is 6.09 Å². The molecule has 0 heterocycles. The number of nitrogens with one attached hydrogen (secondary N) is 1. The molecule has 0 unspecified atom stereocenters. The molecule has 0 aliphatic heterocycles. The van der Waals surface area contributed by atoms with Crippen LogP contribution in [0.15, 0.2) is 30.3 Å². The summed E-state index contributed by atoms with van der Waals surface area (Å²) in [5, 5.41) is 2.37. The first kappa shape index (κ1) is 16.9. The van der Waals surface area contributed by atoms with Gasteiger partial charge >= 0.3 is 6.09 Å². The van der Waals surface area contributed by atoms with E-state index >= 15 is 0 Å². The first-order valence-corrected chi connectivity index (χ1v) is 5.71. The van der Waals surface area contributed by atoms with Crippen LogP contribution in [-0.4, -0.2) is 13.1 Å². The van der Waals surface area contributed by atoms with Gasteiger partial charge in [-0.2, -0.15) is 0 Å². The van der Waals surface area contributed by atoms with Crippen LogP contribution >= 0.6 is 0 Å². The second-order valence-corrected chi connectivity index (χ2v) is 2.31. The molecule has 92 valence electrons. The average molecular weight is 225 g/mol. The number of hydrogen-bond acceptors (Lipinski definition) is 2. The Morgan fingerprint density at radius 1 is 1.12 bits per heavy atom. The van der Waals surface area contributed by atoms with E-state index in [1.165, 1.54) is 7.05 Å². The molecule has 1 aromatic rings. The van der Waals surface area contributed by atoms with E-state index in [0.717, 1.165) is 5.56 Å². The van der Waals surface area contributed by atoms with Crippen molar-refractivity contribution in [3.63, 3.8) is 0 Å². The molecule has 0 fully saturated rings. The number of ether oxygens (including phenoxy) is 1. The molecule has 3 heteroatoms. The molecule has 0 radical (unpaired) electrons. The van der Waals surface area contributed by atoms with Crippen molar-refractivity contribution in [1.82, 2.24) is 5.32 Å². The highest BCUT2D eigenvalue weighted by atomic mass is 16.5. The molecule has 0 aromatic heterocycles. The number of carbonyl (C=O) groups excluding carboxylic acids is 1. The molecular weight excluding hydrogens is 202 g/mol. The Morgan fingerprint density at radius 2 is 1.62 bits per heavy atom. The summed E-state index contributed by atoms with van der Waals surface area (Å²) in [7, 11) is 1.54. The van der Waals surface area contributed by atoms with Gasteiger partial charge in [-0.15, -0.1) is 0 Å². The predicted octanol–water partition coefficient (Wildman–Crippen LogP) is 3.60. The molecular formula is C13H23NO2. The van der Waals surface area contributed by atoms with Crippen LogP contribution in [0.3, 0.4) is 0 Å². The van der Waals surface area contributed by atoms with E-state index in [1.807, 2.05) is 58.0 Å². The van der Waals surface area contributed by atoms with Crippen LogP contribution in [-0.2, 0) is 11.3 Å². The zero-order valence-corrected chi connectivity index (χ0v) is 10.9. The predicted molar refractivity (Wildman–Crippen MR) is 68.4 cm³/mol. The normalized spacial score (nSPS) is 7.56. The Kier molecular flexibility index (Phi) is 14.3. The SMILES string of the molecule is CC.CC.CNC(=O)OCc1ccccc1. The molecule has 0 aliphatic carbocycles. The van der Waals surface area contributed by atoms with Crippen LogP contribution in [0.5, 0.6) is 0 Å². The molecule has 0 saturated heterocycles. The summed E-state index contributed by atoms with van der Waals surface area (Å²) < 4.78 is 4.83. The molecule has 0 atom stereocenters. The lowest BCUT2D eigenvalue weighted by molar-refractivity contribution is 0.142. The molecule has 1 rings (SSSR count). The van der Waals surface area contributed by atoms with Gasteiger partial charge in [0.15, 0.2) is 0 Å². The fraction of sp³-hybridized carbons (Fsp3) is 0.462. The van der Waals surface area contributed by atoms with Crippen LogP contribution in [0.4, 0.5) is 4.79 Å². The van der Waals surface area contributed by atoms with Crippen molar-refractivity contribution in [2.45, 2.75) is 34.3 Å². The molecule has 0 spiro atoms. The highest BCUT2D eigenvalue weighted by Crippen LogP contribution is 1.99. The van der Waals surface area contributed by atoms with Gasteiger partial charge in [-0.25, -0.2) is 4.79 Å². The van der Waals surface area contributed by atoms with Crippen molar-refractivity contribution in [2.75, 3.05) is 7.05 Å². The largest absolute Gasteiger partial charge is 0.445 e. The average Bonchev–Trinajstić information content (AvgIpc) is 2.41. The van der Waals surface area contributed by atoms with Crippen molar-refractivity contribution in [1.29, 1.82) is 0 Å². The van der Waals surface area contributed by atoms with Gasteiger partial charge in [0.25, 0.3) is 0 Å². The number of alkyl carbamates (subject to hydrolysis) is 1. The molecule has 0 saturated carbocycles. The molecule has 0 bridgehead atoms. The highest BCUT2D eigenvalue weighted by Gasteiger charge is 1.96. The molecule has 16 heavy (non-hydrogen) atoms. The monoisotopic (exact) mass is 225 g/mol. The standard InChI is InChI=1S/C9H11NO2.2C2H6/c1-10-9(11)12-7-8-5-3-2-4-6-8;2*1-2/h2-6H,7H2,1H3,(H,10,11);2*1-2H3. The maximum atomic E-state index is 10.7. The van der Waals surface area contributed by atoms with Crippen LogP contribution < -0.4 is 5.32 Å². The fourth-order valence-electron chi connectivity index (χ4n) is 0.795. The van der Waals surface area contributed by atoms with E-state index in [2.05, 4.69) is 5.32 Å². The summed E-state index contributed by atoms with van der Waals surface area (Å²) in [6.07, 6.45) is -0.404. The van der Waals surface area contributed by atoms with E-state index in [-0.39, 0.29) is 0 Å². The summed E-state index contributed by atoms with van der Waals surface area (Å²) in [5.74, 6) is 0. The van der Waals surface area contributed by atoms with E-state index in [9.17, 15) is 4.79 Å². The molecule has 1 amide bonds. The topological polar surface area (TPSA) is 38.3 Å². The van der Waals surface area contributed by atoms with Gasteiger partial charge in [0.2, 0.25) is 0 Å².